The summed E-state index contributed by atoms with van der Waals surface area (Å²) >= 11 is 0. The Morgan fingerprint density at radius 3 is 2.89 bits per heavy atom. The van der Waals surface area contributed by atoms with Crippen LogP contribution in [0.3, 0.4) is 0 Å². The lowest BCUT2D eigenvalue weighted by atomic mass is 10.1. The zero-order chi connectivity index (χ0) is 13.2. The number of ether oxygens (including phenoxy) is 3. The molecule has 1 atom stereocenters. The van der Waals surface area contributed by atoms with Crippen molar-refractivity contribution in [2.45, 2.75) is 32.7 Å². The molecule has 18 heavy (non-hydrogen) atoms. The number of benzene rings is 1. The van der Waals surface area contributed by atoms with E-state index in [1.54, 1.807) is 6.07 Å². The van der Waals surface area contributed by atoms with Crippen LogP contribution in [0.15, 0.2) is 18.2 Å². The first-order valence-electron chi connectivity index (χ1n) is 6.00. The second-order valence-corrected chi connectivity index (χ2v) is 4.90. The summed E-state index contributed by atoms with van der Waals surface area (Å²) < 4.78 is 16.7. The third-order valence-electron chi connectivity index (χ3n) is 2.88. The van der Waals surface area contributed by atoms with Gasteiger partial charge in [-0.2, -0.15) is 0 Å². The van der Waals surface area contributed by atoms with Gasteiger partial charge in [-0.3, -0.25) is 4.79 Å². The molecule has 1 heterocycles. The number of hydrogen-bond acceptors (Lipinski definition) is 4. The van der Waals surface area contributed by atoms with Crippen LogP contribution in [0.1, 0.15) is 29.8 Å². The van der Waals surface area contributed by atoms with Crippen LogP contribution >= 0.6 is 0 Å². The molecular formula is C14H18O4. The maximum Gasteiger partial charge on any atom is 0.163 e. The van der Waals surface area contributed by atoms with Crippen molar-refractivity contribution < 1.29 is 19.0 Å². The predicted octanol–water partition coefficient (Wildman–Crippen LogP) is 2.34. The summed E-state index contributed by atoms with van der Waals surface area (Å²) in [5, 5.41) is 0. The van der Waals surface area contributed by atoms with Crippen molar-refractivity contribution in [1.29, 1.82) is 0 Å². The Bertz CT molecular complexity index is 439. The molecule has 1 aromatic rings. The average Bonchev–Trinajstić information content (AvgIpc) is 2.68. The molecular weight excluding hydrogens is 232 g/mol. The van der Waals surface area contributed by atoms with E-state index in [-0.39, 0.29) is 6.10 Å². The lowest BCUT2D eigenvalue weighted by Gasteiger charge is -2.17. The zero-order valence-corrected chi connectivity index (χ0v) is 10.9. The Morgan fingerprint density at radius 2 is 2.28 bits per heavy atom. The third-order valence-corrected chi connectivity index (χ3v) is 2.88. The maximum atomic E-state index is 10.8. The average molecular weight is 250 g/mol. The van der Waals surface area contributed by atoms with E-state index in [1.807, 2.05) is 32.9 Å². The minimum absolute atomic E-state index is 0.0685. The Balaban J connectivity index is 1.93. The summed E-state index contributed by atoms with van der Waals surface area (Å²) in [5.41, 5.74) is 1.59. The summed E-state index contributed by atoms with van der Waals surface area (Å²) in [6.45, 7) is 6.60. The SMILES string of the molecule is Cc1ccc(OC[C@H]2COC(C)(C)O2)cc1C=O. The molecule has 1 aliphatic heterocycles. The zero-order valence-electron chi connectivity index (χ0n) is 10.9. The largest absolute Gasteiger partial charge is 0.491 e. The molecule has 1 aliphatic rings. The van der Waals surface area contributed by atoms with Crippen molar-refractivity contribution >= 4 is 6.29 Å². The van der Waals surface area contributed by atoms with Gasteiger partial charge in [-0.1, -0.05) is 6.07 Å². The third kappa shape index (κ3) is 3.09. The highest BCUT2D eigenvalue weighted by atomic mass is 16.7. The smallest absolute Gasteiger partial charge is 0.163 e. The second-order valence-electron chi connectivity index (χ2n) is 4.90. The molecule has 4 nitrogen and oxygen atoms in total. The normalized spacial score (nSPS) is 21.8. The van der Waals surface area contributed by atoms with E-state index in [1.165, 1.54) is 0 Å². The molecule has 0 saturated carbocycles. The molecule has 2 rings (SSSR count). The number of aryl methyl sites for hydroxylation is 1. The number of hydrogen-bond donors (Lipinski definition) is 0. The summed E-state index contributed by atoms with van der Waals surface area (Å²) in [6.07, 6.45) is 0.765. The highest BCUT2D eigenvalue weighted by molar-refractivity contribution is 5.77. The van der Waals surface area contributed by atoms with E-state index >= 15 is 0 Å². The molecule has 4 heteroatoms. The molecule has 1 aromatic carbocycles. The van der Waals surface area contributed by atoms with Crippen molar-refractivity contribution in [2.24, 2.45) is 0 Å². The van der Waals surface area contributed by atoms with Crippen LogP contribution in [-0.2, 0) is 9.47 Å². The van der Waals surface area contributed by atoms with Gasteiger partial charge >= 0.3 is 0 Å². The van der Waals surface area contributed by atoms with Crippen molar-refractivity contribution in [1.82, 2.24) is 0 Å². The van der Waals surface area contributed by atoms with Crippen molar-refractivity contribution in [3.63, 3.8) is 0 Å². The molecule has 0 bridgehead atoms. The topological polar surface area (TPSA) is 44.8 Å². The van der Waals surface area contributed by atoms with Gasteiger partial charge in [0, 0.05) is 5.56 Å². The summed E-state index contributed by atoms with van der Waals surface area (Å²) in [4.78, 5) is 10.8. The Morgan fingerprint density at radius 1 is 1.50 bits per heavy atom. The van der Waals surface area contributed by atoms with Crippen LogP contribution in [0.4, 0.5) is 0 Å². The van der Waals surface area contributed by atoms with Crippen LogP contribution in [0.5, 0.6) is 5.75 Å². The monoisotopic (exact) mass is 250 g/mol. The lowest BCUT2D eigenvalue weighted by molar-refractivity contribution is -0.141. The van der Waals surface area contributed by atoms with Crippen LogP contribution in [0.2, 0.25) is 0 Å². The van der Waals surface area contributed by atoms with Gasteiger partial charge in [0.25, 0.3) is 0 Å². The van der Waals surface area contributed by atoms with Crippen LogP contribution in [0.25, 0.3) is 0 Å². The maximum absolute atomic E-state index is 10.8. The highest BCUT2D eigenvalue weighted by Crippen LogP contribution is 2.23. The van der Waals surface area contributed by atoms with E-state index in [0.717, 1.165) is 11.8 Å². The molecule has 1 saturated heterocycles. The van der Waals surface area contributed by atoms with E-state index < -0.39 is 5.79 Å². The molecule has 0 radical (unpaired) electrons. The molecule has 0 unspecified atom stereocenters. The Hall–Kier alpha value is -1.39. The first-order chi connectivity index (χ1) is 8.50. The van der Waals surface area contributed by atoms with Gasteiger partial charge < -0.3 is 14.2 Å². The second kappa shape index (κ2) is 5.08. The fraction of sp³-hybridized carbons (Fsp3) is 0.500. The first-order valence-corrected chi connectivity index (χ1v) is 6.00. The number of aldehydes is 1. The lowest BCUT2D eigenvalue weighted by Crippen LogP contribution is -2.25. The van der Waals surface area contributed by atoms with Gasteiger partial charge in [0.2, 0.25) is 0 Å². The predicted molar refractivity (Wildman–Crippen MR) is 67.0 cm³/mol. The van der Waals surface area contributed by atoms with E-state index in [0.29, 0.717) is 24.5 Å². The summed E-state index contributed by atoms with van der Waals surface area (Å²) in [7, 11) is 0. The fourth-order valence-electron chi connectivity index (χ4n) is 1.87. The summed E-state index contributed by atoms with van der Waals surface area (Å²) in [5.74, 6) is 0.144. The van der Waals surface area contributed by atoms with E-state index in [2.05, 4.69) is 0 Å². The number of carbonyl (C=O) groups excluding carboxylic acids is 1. The molecule has 1 fully saturated rings. The summed E-state index contributed by atoms with van der Waals surface area (Å²) in [6, 6.07) is 5.46. The molecule has 0 spiro atoms. The van der Waals surface area contributed by atoms with Crippen LogP contribution in [0, 0.1) is 6.92 Å². The standard InChI is InChI=1S/C14H18O4/c1-10-4-5-12(6-11(10)7-15)16-8-13-9-17-14(2,3)18-13/h4-7,13H,8-9H2,1-3H3/t13-/m0/s1. The van der Waals surface area contributed by atoms with Crippen LogP contribution in [-0.4, -0.2) is 31.4 Å². The van der Waals surface area contributed by atoms with E-state index in [4.69, 9.17) is 14.2 Å². The molecule has 0 N–H and O–H groups in total. The van der Waals surface area contributed by atoms with Gasteiger partial charge in [-0.15, -0.1) is 0 Å². The highest BCUT2D eigenvalue weighted by Gasteiger charge is 2.32. The fourth-order valence-corrected chi connectivity index (χ4v) is 1.87. The van der Waals surface area contributed by atoms with E-state index in [9.17, 15) is 4.79 Å². The van der Waals surface area contributed by atoms with Crippen molar-refractivity contribution in [2.75, 3.05) is 13.2 Å². The van der Waals surface area contributed by atoms with Crippen molar-refractivity contribution in [3.8, 4) is 5.75 Å². The van der Waals surface area contributed by atoms with Gasteiger partial charge in [-0.25, -0.2) is 0 Å². The minimum Gasteiger partial charge on any atom is -0.491 e. The van der Waals surface area contributed by atoms with Gasteiger partial charge in [0.1, 0.15) is 24.7 Å². The quantitative estimate of drug-likeness (QED) is 0.769. The first kappa shape index (κ1) is 13.1. The molecule has 0 amide bonds. The molecule has 0 aromatic heterocycles. The molecule has 0 aliphatic carbocycles. The Kier molecular flexibility index (Phi) is 3.68. The van der Waals surface area contributed by atoms with Gasteiger partial charge in [0.05, 0.1) is 6.61 Å². The Labute approximate surface area is 107 Å². The minimum atomic E-state index is -0.532. The van der Waals surface area contributed by atoms with Crippen molar-refractivity contribution in [3.05, 3.63) is 29.3 Å². The number of carbonyl (C=O) groups is 1. The molecule has 98 valence electrons. The number of rotatable bonds is 4. The van der Waals surface area contributed by atoms with Gasteiger partial charge in [-0.05, 0) is 38.5 Å². The van der Waals surface area contributed by atoms with Crippen LogP contribution < -0.4 is 4.74 Å². The van der Waals surface area contributed by atoms with Gasteiger partial charge in [0.15, 0.2) is 5.79 Å².